The summed E-state index contributed by atoms with van der Waals surface area (Å²) in [4.78, 5) is 12.3. The summed E-state index contributed by atoms with van der Waals surface area (Å²) in [5.41, 5.74) is 0.990. The summed E-state index contributed by atoms with van der Waals surface area (Å²) < 4.78 is 5.13. The van der Waals surface area contributed by atoms with Gasteiger partial charge in [-0.2, -0.15) is 0 Å². The third-order valence-corrected chi connectivity index (χ3v) is 3.56. The second kappa shape index (κ2) is 8.59. The lowest BCUT2D eigenvalue weighted by molar-refractivity contribution is -0.123. The van der Waals surface area contributed by atoms with Crippen LogP contribution in [0, 0.1) is 0 Å². The molecule has 2 N–H and O–H groups in total. The molecule has 0 spiro atoms. The molecule has 0 aliphatic rings. The molecule has 0 saturated heterocycles. The number of amides is 1. The summed E-state index contributed by atoms with van der Waals surface area (Å²) >= 11 is 0. The number of benzene rings is 1. The molecule has 2 atom stereocenters. The van der Waals surface area contributed by atoms with Crippen molar-refractivity contribution in [2.45, 2.75) is 45.1 Å². The van der Waals surface area contributed by atoms with Crippen molar-refractivity contribution in [2.24, 2.45) is 0 Å². The number of nitrogens with one attached hydrogen (secondary N) is 1. The Morgan fingerprint density at radius 1 is 1.25 bits per heavy atom. The molecule has 0 heterocycles. The van der Waals surface area contributed by atoms with E-state index in [1.165, 1.54) is 0 Å². The first kappa shape index (κ1) is 16.5. The van der Waals surface area contributed by atoms with E-state index in [0.717, 1.165) is 24.2 Å². The van der Waals surface area contributed by atoms with Crippen LogP contribution in [0.5, 0.6) is 5.75 Å². The average Bonchev–Trinajstić information content (AvgIpc) is 2.48. The third-order valence-electron chi connectivity index (χ3n) is 3.56. The number of ether oxygens (including phenoxy) is 1. The maximum atomic E-state index is 12.3. The van der Waals surface area contributed by atoms with Gasteiger partial charge in [-0.05, 0) is 37.0 Å². The van der Waals surface area contributed by atoms with Crippen LogP contribution in [-0.4, -0.2) is 30.8 Å². The highest BCUT2D eigenvalue weighted by Crippen LogP contribution is 2.22. The summed E-state index contributed by atoms with van der Waals surface area (Å²) in [7, 11) is 1.62. The van der Waals surface area contributed by atoms with Gasteiger partial charge in [-0.15, -0.1) is 0 Å². The molecule has 1 aromatic carbocycles. The Balaban J connectivity index is 2.75. The summed E-state index contributed by atoms with van der Waals surface area (Å²) in [6.45, 7) is 4.11. The van der Waals surface area contributed by atoms with E-state index in [2.05, 4.69) is 5.32 Å². The topological polar surface area (TPSA) is 58.6 Å². The van der Waals surface area contributed by atoms with Crippen LogP contribution in [0.25, 0.3) is 0 Å². The summed E-state index contributed by atoms with van der Waals surface area (Å²) in [6, 6.07) is 7.64. The first-order valence-corrected chi connectivity index (χ1v) is 7.21. The molecule has 2 unspecified atom stereocenters. The van der Waals surface area contributed by atoms with Gasteiger partial charge >= 0.3 is 0 Å². The first-order valence-electron chi connectivity index (χ1n) is 7.21. The number of aliphatic hydroxyl groups excluding tert-OH is 1. The Morgan fingerprint density at radius 2 is 1.90 bits per heavy atom. The van der Waals surface area contributed by atoms with Crippen molar-refractivity contribution in [1.29, 1.82) is 0 Å². The van der Waals surface area contributed by atoms with Crippen molar-refractivity contribution < 1.29 is 14.6 Å². The van der Waals surface area contributed by atoms with E-state index in [9.17, 15) is 4.79 Å². The number of carbonyl (C=O) groups is 1. The highest BCUT2D eigenvalue weighted by molar-refractivity contribution is 5.83. The lowest BCUT2D eigenvalue weighted by atomic mass is 9.95. The van der Waals surface area contributed by atoms with Gasteiger partial charge < -0.3 is 15.2 Å². The van der Waals surface area contributed by atoms with Gasteiger partial charge in [0.2, 0.25) is 5.91 Å². The molecule has 4 nitrogen and oxygen atoms in total. The Kier molecular flexibility index (Phi) is 7.09. The number of methoxy groups -OCH3 is 1. The molecular weight excluding hydrogens is 254 g/mol. The minimum absolute atomic E-state index is 0.0259. The quantitative estimate of drug-likeness (QED) is 0.768. The Labute approximate surface area is 121 Å². The van der Waals surface area contributed by atoms with Crippen LogP contribution < -0.4 is 10.1 Å². The second-order valence-corrected chi connectivity index (χ2v) is 4.86. The van der Waals surface area contributed by atoms with Gasteiger partial charge in [0, 0.05) is 12.6 Å². The Bertz CT molecular complexity index is 403. The monoisotopic (exact) mass is 279 g/mol. The number of aliphatic hydroxyl groups is 1. The minimum Gasteiger partial charge on any atom is -0.497 e. The number of carbonyl (C=O) groups excluding carboxylic acids is 1. The zero-order valence-corrected chi connectivity index (χ0v) is 12.6. The number of hydrogen-bond donors (Lipinski definition) is 2. The summed E-state index contributed by atoms with van der Waals surface area (Å²) in [5, 5.41) is 12.0. The van der Waals surface area contributed by atoms with Gasteiger partial charge in [0.25, 0.3) is 0 Å². The molecule has 0 fully saturated rings. The Hall–Kier alpha value is -1.55. The van der Waals surface area contributed by atoms with Crippen LogP contribution in [0.15, 0.2) is 24.3 Å². The molecule has 0 saturated carbocycles. The summed E-state index contributed by atoms with van der Waals surface area (Å²) in [6.07, 6.45) is 2.17. The van der Waals surface area contributed by atoms with Gasteiger partial charge in [-0.1, -0.05) is 26.0 Å². The fourth-order valence-corrected chi connectivity index (χ4v) is 2.24. The third kappa shape index (κ3) is 4.53. The lowest BCUT2D eigenvalue weighted by Crippen LogP contribution is -2.38. The molecule has 1 aromatic rings. The summed E-state index contributed by atoms with van der Waals surface area (Å²) in [5.74, 6) is 0.655. The standard InChI is InChI=1S/C16H25NO3/c1-4-13(10-11-18)17-16(19)15(5-2)12-6-8-14(20-3)9-7-12/h6-9,13,15,18H,4-5,10-11H2,1-3H3,(H,17,19). The second-order valence-electron chi connectivity index (χ2n) is 4.86. The zero-order valence-electron chi connectivity index (χ0n) is 12.6. The van der Waals surface area contributed by atoms with Crippen molar-refractivity contribution >= 4 is 5.91 Å². The smallest absolute Gasteiger partial charge is 0.227 e. The lowest BCUT2D eigenvalue weighted by Gasteiger charge is -2.21. The molecule has 1 rings (SSSR count). The number of hydrogen-bond acceptors (Lipinski definition) is 3. The van der Waals surface area contributed by atoms with Crippen LogP contribution >= 0.6 is 0 Å². The van der Waals surface area contributed by atoms with Gasteiger partial charge in [0.15, 0.2) is 0 Å². The largest absolute Gasteiger partial charge is 0.497 e. The van der Waals surface area contributed by atoms with Crippen molar-refractivity contribution in [2.75, 3.05) is 13.7 Å². The van der Waals surface area contributed by atoms with Crippen molar-refractivity contribution in [3.05, 3.63) is 29.8 Å². The minimum atomic E-state index is -0.159. The van der Waals surface area contributed by atoms with Gasteiger partial charge in [0.1, 0.15) is 5.75 Å². The van der Waals surface area contributed by atoms with Crippen LogP contribution in [0.3, 0.4) is 0 Å². The van der Waals surface area contributed by atoms with E-state index in [0.29, 0.717) is 6.42 Å². The highest BCUT2D eigenvalue weighted by atomic mass is 16.5. The Morgan fingerprint density at radius 3 is 2.35 bits per heavy atom. The van der Waals surface area contributed by atoms with E-state index in [-0.39, 0.29) is 24.5 Å². The average molecular weight is 279 g/mol. The predicted molar refractivity (Wildman–Crippen MR) is 80.0 cm³/mol. The zero-order chi connectivity index (χ0) is 15.0. The molecule has 0 bridgehead atoms. The van der Waals surface area contributed by atoms with Crippen LogP contribution in [0.2, 0.25) is 0 Å². The van der Waals surface area contributed by atoms with E-state index in [4.69, 9.17) is 9.84 Å². The maximum Gasteiger partial charge on any atom is 0.227 e. The van der Waals surface area contributed by atoms with Crippen LogP contribution in [0.1, 0.15) is 44.6 Å². The highest BCUT2D eigenvalue weighted by Gasteiger charge is 2.20. The molecular formula is C16H25NO3. The number of rotatable bonds is 8. The van der Waals surface area contributed by atoms with Gasteiger partial charge in [-0.25, -0.2) is 0 Å². The van der Waals surface area contributed by atoms with Gasteiger partial charge in [0.05, 0.1) is 13.0 Å². The van der Waals surface area contributed by atoms with Gasteiger partial charge in [-0.3, -0.25) is 4.79 Å². The van der Waals surface area contributed by atoms with E-state index < -0.39 is 0 Å². The predicted octanol–water partition coefficient (Wildman–Crippen LogP) is 2.47. The molecule has 0 radical (unpaired) electrons. The van der Waals surface area contributed by atoms with E-state index in [1.54, 1.807) is 7.11 Å². The first-order chi connectivity index (χ1) is 9.65. The van der Waals surface area contributed by atoms with Crippen LogP contribution in [-0.2, 0) is 4.79 Å². The molecule has 1 amide bonds. The molecule has 112 valence electrons. The molecule has 20 heavy (non-hydrogen) atoms. The molecule has 0 aromatic heterocycles. The van der Waals surface area contributed by atoms with Crippen molar-refractivity contribution in [3.63, 3.8) is 0 Å². The van der Waals surface area contributed by atoms with E-state index in [1.807, 2.05) is 38.1 Å². The fraction of sp³-hybridized carbons (Fsp3) is 0.562. The van der Waals surface area contributed by atoms with Crippen molar-refractivity contribution in [1.82, 2.24) is 5.32 Å². The maximum absolute atomic E-state index is 12.3. The fourth-order valence-electron chi connectivity index (χ4n) is 2.24. The molecule has 4 heteroatoms. The normalized spacial score (nSPS) is 13.6. The molecule has 0 aliphatic carbocycles. The van der Waals surface area contributed by atoms with E-state index >= 15 is 0 Å². The van der Waals surface area contributed by atoms with Crippen LogP contribution in [0.4, 0.5) is 0 Å². The SMILES string of the molecule is CCC(CCO)NC(=O)C(CC)c1ccc(OC)cc1. The molecule has 0 aliphatic heterocycles. The van der Waals surface area contributed by atoms with Crippen molar-refractivity contribution in [3.8, 4) is 5.75 Å².